The minimum Gasteiger partial charge on any atom is -0.368 e. The van der Waals surface area contributed by atoms with Gasteiger partial charge in [-0.25, -0.2) is 17.6 Å². The SMILES string of the molecule is C[C@@H]1[C@H](Cc2cccc(-c3ccccc3F)c2F)N(C(=O)[C@H]2CCCO2)CC1(F)F. The molecule has 2 aliphatic heterocycles. The first-order valence-electron chi connectivity index (χ1n) is 10.1. The van der Waals surface area contributed by atoms with Crippen molar-refractivity contribution in [1.82, 2.24) is 4.90 Å². The summed E-state index contributed by atoms with van der Waals surface area (Å²) in [5, 5.41) is 0. The van der Waals surface area contributed by atoms with E-state index in [-0.39, 0.29) is 23.1 Å². The topological polar surface area (TPSA) is 29.5 Å². The van der Waals surface area contributed by atoms with E-state index >= 15 is 4.39 Å². The van der Waals surface area contributed by atoms with E-state index in [2.05, 4.69) is 0 Å². The zero-order valence-electron chi connectivity index (χ0n) is 16.6. The van der Waals surface area contributed by atoms with Gasteiger partial charge in [0.05, 0.1) is 6.54 Å². The molecule has 7 heteroatoms. The zero-order chi connectivity index (χ0) is 21.5. The molecule has 0 unspecified atom stereocenters. The number of hydrogen-bond acceptors (Lipinski definition) is 2. The van der Waals surface area contributed by atoms with Crippen LogP contribution in [0.2, 0.25) is 0 Å². The molecule has 0 N–H and O–H groups in total. The second kappa shape index (κ2) is 8.02. The first-order chi connectivity index (χ1) is 14.3. The van der Waals surface area contributed by atoms with E-state index in [9.17, 15) is 18.0 Å². The number of nitrogens with zero attached hydrogens (tertiary/aromatic N) is 1. The number of ether oxygens (including phenoxy) is 1. The monoisotopic (exact) mass is 421 g/mol. The van der Waals surface area contributed by atoms with E-state index < -0.39 is 48.1 Å². The van der Waals surface area contributed by atoms with Crippen LogP contribution in [0.1, 0.15) is 25.3 Å². The van der Waals surface area contributed by atoms with Crippen molar-refractivity contribution >= 4 is 5.91 Å². The van der Waals surface area contributed by atoms with Gasteiger partial charge in [-0.15, -0.1) is 0 Å². The summed E-state index contributed by atoms with van der Waals surface area (Å²) >= 11 is 0. The Labute approximate surface area is 172 Å². The van der Waals surface area contributed by atoms with Crippen molar-refractivity contribution < 1.29 is 27.1 Å². The zero-order valence-corrected chi connectivity index (χ0v) is 16.6. The van der Waals surface area contributed by atoms with E-state index in [1.54, 1.807) is 12.1 Å². The number of hydrogen-bond donors (Lipinski definition) is 0. The summed E-state index contributed by atoms with van der Waals surface area (Å²) in [6.07, 6.45) is 0.408. The Morgan fingerprint density at radius 2 is 1.87 bits per heavy atom. The van der Waals surface area contributed by atoms with Crippen molar-refractivity contribution in [3.8, 4) is 11.1 Å². The van der Waals surface area contributed by atoms with Crippen molar-refractivity contribution in [3.63, 3.8) is 0 Å². The minimum absolute atomic E-state index is 0.0695. The lowest BCUT2D eigenvalue weighted by Gasteiger charge is -2.28. The lowest BCUT2D eigenvalue weighted by atomic mass is 9.91. The number of benzene rings is 2. The summed E-state index contributed by atoms with van der Waals surface area (Å²) in [5.41, 5.74) is 0.351. The van der Waals surface area contributed by atoms with Crippen LogP contribution < -0.4 is 0 Å². The van der Waals surface area contributed by atoms with Crippen LogP contribution in [0, 0.1) is 17.6 Å². The Morgan fingerprint density at radius 1 is 1.13 bits per heavy atom. The summed E-state index contributed by atoms with van der Waals surface area (Å²) in [7, 11) is 0. The summed E-state index contributed by atoms with van der Waals surface area (Å²) in [4.78, 5) is 14.0. The summed E-state index contributed by atoms with van der Waals surface area (Å²) in [6, 6.07) is 9.48. The third-order valence-electron chi connectivity index (χ3n) is 6.18. The number of likely N-dealkylation sites (tertiary alicyclic amines) is 1. The van der Waals surface area contributed by atoms with Crippen LogP contribution in [0.3, 0.4) is 0 Å². The van der Waals surface area contributed by atoms with Gasteiger partial charge in [0.25, 0.3) is 11.8 Å². The molecule has 1 amide bonds. The molecule has 0 spiro atoms. The average molecular weight is 421 g/mol. The lowest BCUT2D eigenvalue weighted by molar-refractivity contribution is -0.143. The van der Waals surface area contributed by atoms with Crippen LogP contribution in [0.4, 0.5) is 17.6 Å². The number of amides is 1. The highest BCUT2D eigenvalue weighted by molar-refractivity contribution is 5.82. The van der Waals surface area contributed by atoms with Gasteiger partial charge in [0.1, 0.15) is 17.7 Å². The van der Waals surface area contributed by atoms with Crippen molar-refractivity contribution in [2.24, 2.45) is 5.92 Å². The Balaban J connectivity index is 1.65. The molecule has 3 atom stereocenters. The van der Waals surface area contributed by atoms with Crippen molar-refractivity contribution in [2.45, 2.75) is 44.3 Å². The maximum atomic E-state index is 15.3. The second-order valence-electron chi connectivity index (χ2n) is 8.05. The number of carbonyl (C=O) groups excluding carboxylic acids is 1. The molecule has 3 nitrogen and oxygen atoms in total. The Kier molecular flexibility index (Phi) is 5.57. The van der Waals surface area contributed by atoms with Crippen LogP contribution in [0.5, 0.6) is 0 Å². The number of halogens is 4. The molecule has 160 valence electrons. The van der Waals surface area contributed by atoms with E-state index in [1.165, 1.54) is 37.3 Å². The molecule has 2 heterocycles. The van der Waals surface area contributed by atoms with Gasteiger partial charge in [0, 0.05) is 29.7 Å². The molecule has 2 fully saturated rings. The molecule has 30 heavy (non-hydrogen) atoms. The molecule has 2 saturated heterocycles. The molecule has 0 radical (unpaired) electrons. The van der Waals surface area contributed by atoms with Gasteiger partial charge in [-0.2, -0.15) is 0 Å². The van der Waals surface area contributed by atoms with Crippen molar-refractivity contribution in [1.29, 1.82) is 0 Å². The van der Waals surface area contributed by atoms with Gasteiger partial charge in [-0.1, -0.05) is 43.3 Å². The smallest absolute Gasteiger partial charge is 0.269 e. The molecular weight excluding hydrogens is 398 g/mol. The van der Waals surface area contributed by atoms with E-state index in [0.717, 1.165) is 4.90 Å². The highest BCUT2D eigenvalue weighted by atomic mass is 19.3. The second-order valence-corrected chi connectivity index (χ2v) is 8.05. The first-order valence-corrected chi connectivity index (χ1v) is 10.1. The maximum absolute atomic E-state index is 15.3. The number of carbonyl (C=O) groups is 1. The molecule has 2 aromatic rings. The van der Waals surface area contributed by atoms with E-state index in [0.29, 0.717) is 19.4 Å². The highest BCUT2D eigenvalue weighted by Crippen LogP contribution is 2.40. The van der Waals surface area contributed by atoms with E-state index in [1.807, 2.05) is 0 Å². The quantitative estimate of drug-likeness (QED) is 0.662. The van der Waals surface area contributed by atoms with Crippen LogP contribution in [-0.4, -0.2) is 42.0 Å². The first kappa shape index (κ1) is 20.8. The largest absolute Gasteiger partial charge is 0.368 e. The standard InChI is InChI=1S/C23H23F4NO2/c1-14-19(28(13-23(14,26)27)22(29)20-10-5-11-30-20)12-15-6-4-8-17(21(15)25)16-7-2-3-9-18(16)24/h2-4,6-9,14,19-20H,5,10-13H2,1H3/t14-,19+,20-/m1/s1. The number of rotatable bonds is 4. The Bertz CT molecular complexity index is 943. The van der Waals surface area contributed by atoms with Gasteiger partial charge in [0.15, 0.2) is 0 Å². The van der Waals surface area contributed by atoms with Gasteiger partial charge in [-0.05, 0) is 30.9 Å². The summed E-state index contributed by atoms with van der Waals surface area (Å²) in [5.74, 6) is -5.90. The average Bonchev–Trinajstić information content (AvgIpc) is 3.33. The molecule has 0 aliphatic carbocycles. The molecule has 2 aromatic carbocycles. The van der Waals surface area contributed by atoms with Crippen LogP contribution in [0.25, 0.3) is 11.1 Å². The fraction of sp³-hybridized carbons (Fsp3) is 0.435. The van der Waals surface area contributed by atoms with Gasteiger partial charge in [-0.3, -0.25) is 4.79 Å². The molecule has 2 aliphatic rings. The molecular formula is C23H23F4NO2. The van der Waals surface area contributed by atoms with Gasteiger partial charge >= 0.3 is 0 Å². The fourth-order valence-electron chi connectivity index (χ4n) is 4.38. The third kappa shape index (κ3) is 3.71. The molecule has 0 saturated carbocycles. The molecule has 0 aromatic heterocycles. The third-order valence-corrected chi connectivity index (χ3v) is 6.18. The summed E-state index contributed by atoms with van der Waals surface area (Å²) in [6.45, 7) is 1.11. The minimum atomic E-state index is -3.07. The maximum Gasteiger partial charge on any atom is 0.269 e. The number of alkyl halides is 2. The normalized spacial score (nSPS) is 25.6. The van der Waals surface area contributed by atoms with Crippen LogP contribution >= 0.6 is 0 Å². The van der Waals surface area contributed by atoms with Crippen molar-refractivity contribution in [3.05, 3.63) is 59.7 Å². The van der Waals surface area contributed by atoms with Gasteiger partial charge in [0.2, 0.25) is 0 Å². The molecule has 4 rings (SSSR count). The van der Waals surface area contributed by atoms with Gasteiger partial charge < -0.3 is 9.64 Å². The Morgan fingerprint density at radius 3 is 2.57 bits per heavy atom. The Hall–Kier alpha value is -2.41. The van der Waals surface area contributed by atoms with Crippen molar-refractivity contribution in [2.75, 3.05) is 13.2 Å². The lowest BCUT2D eigenvalue weighted by Crippen LogP contribution is -2.44. The van der Waals surface area contributed by atoms with E-state index in [4.69, 9.17) is 4.74 Å². The predicted molar refractivity (Wildman–Crippen MR) is 104 cm³/mol. The van der Waals surface area contributed by atoms with Crippen LogP contribution in [0.15, 0.2) is 42.5 Å². The highest BCUT2D eigenvalue weighted by Gasteiger charge is 2.54. The fourth-order valence-corrected chi connectivity index (χ4v) is 4.38. The molecule has 0 bridgehead atoms. The van der Waals surface area contributed by atoms with Crippen LogP contribution in [-0.2, 0) is 16.0 Å². The summed E-state index contributed by atoms with van der Waals surface area (Å²) < 4.78 is 63.8. The predicted octanol–water partition coefficient (Wildman–Crippen LogP) is 4.84.